The number of aromatic nitrogens is 2. The number of nitrogens with zero attached hydrogens (tertiary/aromatic N) is 2. The predicted molar refractivity (Wildman–Crippen MR) is 118 cm³/mol. The molecule has 6 nitrogen and oxygen atoms in total. The fraction of sp³-hybridized carbons (Fsp3) is 0.600. The maximum absolute atomic E-state index is 11.8. The molecule has 0 spiro atoms. The molecule has 0 unspecified atom stereocenters. The van der Waals surface area contributed by atoms with Crippen LogP contribution in [0.2, 0.25) is 0 Å². The Hall–Kier alpha value is -2.34. The highest BCUT2D eigenvalue weighted by Crippen LogP contribution is 2.54. The van der Waals surface area contributed by atoms with E-state index >= 15 is 0 Å². The fourth-order valence-electron chi connectivity index (χ4n) is 6.17. The lowest BCUT2D eigenvalue weighted by molar-refractivity contribution is 0.0666. The number of ether oxygens (including phenoxy) is 3. The molecule has 0 N–H and O–H groups in total. The Morgan fingerprint density at radius 3 is 2.45 bits per heavy atom. The summed E-state index contributed by atoms with van der Waals surface area (Å²) in [5.74, 6) is 2.48. The lowest BCUT2D eigenvalue weighted by atomic mass is 9.53. The molecule has 1 aromatic carbocycles. The smallest absolute Gasteiger partial charge is 0.300 e. The minimum absolute atomic E-state index is 0.181. The van der Waals surface area contributed by atoms with Gasteiger partial charge < -0.3 is 14.2 Å². The second-order valence-electron chi connectivity index (χ2n) is 9.53. The standard InChI is InChI=1S/C25H32N2O4/c1-25(17-5-3-6-18(25)8-4-7-17)19-9-11-21(12-10-19)30-16-22-14-27-20(15-29-2)13-23(28)26-24(27)31-22/h9-13,17-18,22H,3-8,14-16H2,1-2H3/t17?,18?,22-,25?/m0/s1. The van der Waals surface area contributed by atoms with E-state index in [1.807, 2.05) is 4.57 Å². The van der Waals surface area contributed by atoms with Crippen LogP contribution in [0.3, 0.4) is 0 Å². The van der Waals surface area contributed by atoms with Crippen LogP contribution in [0, 0.1) is 11.8 Å². The number of hydrogen-bond acceptors (Lipinski definition) is 5. The van der Waals surface area contributed by atoms with Crippen LogP contribution in [0.25, 0.3) is 0 Å². The van der Waals surface area contributed by atoms with Gasteiger partial charge in [-0.2, -0.15) is 4.98 Å². The van der Waals surface area contributed by atoms with E-state index in [2.05, 4.69) is 36.2 Å². The van der Waals surface area contributed by atoms with Gasteiger partial charge in [-0.05, 0) is 60.6 Å². The molecule has 0 saturated heterocycles. The van der Waals surface area contributed by atoms with Crippen molar-refractivity contribution in [2.45, 2.75) is 70.1 Å². The van der Waals surface area contributed by atoms with Gasteiger partial charge in [-0.25, -0.2) is 0 Å². The number of methoxy groups -OCH3 is 1. The zero-order valence-corrected chi connectivity index (χ0v) is 18.5. The molecule has 2 saturated carbocycles. The fourth-order valence-corrected chi connectivity index (χ4v) is 6.17. The van der Waals surface area contributed by atoms with Gasteiger partial charge in [0.2, 0.25) is 0 Å². The number of rotatable bonds is 6. The zero-order chi connectivity index (χ0) is 21.4. The lowest BCUT2D eigenvalue weighted by Crippen LogP contribution is -2.45. The van der Waals surface area contributed by atoms with E-state index in [-0.39, 0.29) is 11.7 Å². The molecule has 1 aliphatic heterocycles. The largest absolute Gasteiger partial charge is 0.490 e. The molecule has 166 valence electrons. The van der Waals surface area contributed by atoms with Gasteiger partial charge in [-0.1, -0.05) is 31.9 Å². The number of fused-ring (bicyclic) bond motifs is 3. The van der Waals surface area contributed by atoms with Crippen molar-refractivity contribution in [3.8, 4) is 11.8 Å². The van der Waals surface area contributed by atoms with Crippen molar-refractivity contribution < 1.29 is 14.2 Å². The molecule has 0 amide bonds. The summed E-state index contributed by atoms with van der Waals surface area (Å²) in [6.07, 6.45) is 8.07. The van der Waals surface area contributed by atoms with E-state index in [4.69, 9.17) is 14.2 Å². The molecular weight excluding hydrogens is 392 g/mol. The van der Waals surface area contributed by atoms with Crippen molar-refractivity contribution in [1.82, 2.24) is 9.55 Å². The normalized spacial score (nSPS) is 29.3. The molecule has 0 radical (unpaired) electrons. The number of benzene rings is 1. The summed E-state index contributed by atoms with van der Waals surface area (Å²) in [4.78, 5) is 15.8. The molecule has 3 aliphatic rings. The van der Waals surface area contributed by atoms with Crippen LogP contribution in [-0.2, 0) is 23.3 Å². The van der Waals surface area contributed by atoms with Crippen LogP contribution in [-0.4, -0.2) is 29.4 Å². The second kappa shape index (κ2) is 8.30. The van der Waals surface area contributed by atoms with Crippen molar-refractivity contribution in [2.24, 2.45) is 11.8 Å². The molecular formula is C25H32N2O4. The predicted octanol–water partition coefficient (Wildman–Crippen LogP) is 4.09. The van der Waals surface area contributed by atoms with Gasteiger partial charge in [0.25, 0.3) is 5.56 Å². The van der Waals surface area contributed by atoms with Crippen LogP contribution >= 0.6 is 0 Å². The van der Waals surface area contributed by atoms with E-state index in [1.165, 1.54) is 50.2 Å². The molecule has 5 rings (SSSR count). The van der Waals surface area contributed by atoms with Crippen LogP contribution in [0.15, 0.2) is 35.1 Å². The van der Waals surface area contributed by atoms with E-state index in [0.29, 0.717) is 31.2 Å². The van der Waals surface area contributed by atoms with Crippen molar-refractivity contribution in [2.75, 3.05) is 13.7 Å². The Labute approximate surface area is 183 Å². The summed E-state index contributed by atoms with van der Waals surface area (Å²) in [5, 5.41) is 0. The highest BCUT2D eigenvalue weighted by molar-refractivity contribution is 5.34. The Balaban J connectivity index is 1.24. The SMILES string of the molecule is COCc1cc(=O)nc2n1C[C@@H](COc1ccc(C3(C)C4CCCC3CCC4)cc1)O2. The average molecular weight is 425 g/mol. The highest BCUT2D eigenvalue weighted by atomic mass is 16.6. The second-order valence-corrected chi connectivity index (χ2v) is 9.53. The third-order valence-corrected chi connectivity index (χ3v) is 7.84. The molecule has 2 bridgehead atoms. The summed E-state index contributed by atoms with van der Waals surface area (Å²) < 4.78 is 19.0. The lowest BCUT2D eigenvalue weighted by Gasteiger charge is -2.52. The average Bonchev–Trinajstić information content (AvgIpc) is 3.15. The summed E-state index contributed by atoms with van der Waals surface area (Å²) in [5.41, 5.74) is 2.24. The molecule has 2 fully saturated rings. The zero-order valence-electron chi connectivity index (χ0n) is 18.5. The Morgan fingerprint density at radius 2 is 1.81 bits per heavy atom. The molecule has 6 heteroatoms. The van der Waals surface area contributed by atoms with Crippen molar-refractivity contribution >= 4 is 0 Å². The summed E-state index contributed by atoms with van der Waals surface area (Å²) >= 11 is 0. The minimum Gasteiger partial charge on any atom is -0.490 e. The van der Waals surface area contributed by atoms with Gasteiger partial charge in [0.15, 0.2) is 6.10 Å². The molecule has 2 aromatic rings. The Morgan fingerprint density at radius 1 is 1.13 bits per heavy atom. The first kappa shape index (κ1) is 20.6. The van der Waals surface area contributed by atoms with Gasteiger partial charge in [0.05, 0.1) is 18.8 Å². The van der Waals surface area contributed by atoms with E-state index in [1.54, 1.807) is 7.11 Å². The van der Waals surface area contributed by atoms with Gasteiger partial charge in [0, 0.05) is 13.2 Å². The van der Waals surface area contributed by atoms with E-state index in [0.717, 1.165) is 23.3 Å². The topological polar surface area (TPSA) is 62.6 Å². The maximum atomic E-state index is 11.8. The van der Waals surface area contributed by atoms with Crippen molar-refractivity contribution in [3.63, 3.8) is 0 Å². The van der Waals surface area contributed by atoms with E-state index < -0.39 is 0 Å². The summed E-state index contributed by atoms with van der Waals surface area (Å²) in [6, 6.07) is 10.6. The molecule has 31 heavy (non-hydrogen) atoms. The van der Waals surface area contributed by atoms with Gasteiger partial charge >= 0.3 is 6.01 Å². The molecule has 2 aliphatic carbocycles. The van der Waals surface area contributed by atoms with Crippen LogP contribution in [0.1, 0.15) is 56.7 Å². The molecule has 1 aromatic heterocycles. The first-order valence-electron chi connectivity index (χ1n) is 11.6. The Bertz CT molecular complexity index is 962. The van der Waals surface area contributed by atoms with Gasteiger partial charge in [-0.15, -0.1) is 0 Å². The van der Waals surface area contributed by atoms with Crippen LogP contribution in [0.5, 0.6) is 11.8 Å². The first-order chi connectivity index (χ1) is 15.1. The minimum atomic E-state index is -0.309. The summed E-state index contributed by atoms with van der Waals surface area (Å²) in [6.45, 7) is 3.85. The van der Waals surface area contributed by atoms with E-state index in [9.17, 15) is 4.79 Å². The third-order valence-electron chi connectivity index (χ3n) is 7.84. The molecule has 1 atom stereocenters. The van der Waals surface area contributed by atoms with Crippen LogP contribution < -0.4 is 15.0 Å². The first-order valence-corrected chi connectivity index (χ1v) is 11.6. The van der Waals surface area contributed by atoms with Gasteiger partial charge in [-0.3, -0.25) is 9.36 Å². The Kier molecular flexibility index (Phi) is 5.51. The molecule has 2 heterocycles. The third kappa shape index (κ3) is 3.75. The summed E-state index contributed by atoms with van der Waals surface area (Å²) in [7, 11) is 1.61. The van der Waals surface area contributed by atoms with Crippen LogP contribution in [0.4, 0.5) is 0 Å². The maximum Gasteiger partial charge on any atom is 0.300 e. The number of hydrogen-bond donors (Lipinski definition) is 0. The van der Waals surface area contributed by atoms with Gasteiger partial charge in [0.1, 0.15) is 12.4 Å². The van der Waals surface area contributed by atoms with Crippen molar-refractivity contribution in [3.05, 3.63) is 51.9 Å². The quantitative estimate of drug-likeness (QED) is 0.699. The monoisotopic (exact) mass is 424 g/mol. The van der Waals surface area contributed by atoms with Crippen molar-refractivity contribution in [1.29, 1.82) is 0 Å². The highest BCUT2D eigenvalue weighted by Gasteiger charge is 2.46.